The Kier molecular flexibility index (Phi) is 4.76. The molecule has 0 fully saturated rings. The van der Waals surface area contributed by atoms with Gasteiger partial charge in [-0.15, -0.1) is 11.3 Å². The molecule has 3 rings (SSSR count). The number of fused-ring (bicyclic) bond motifs is 1. The van der Waals surface area contributed by atoms with E-state index in [0.717, 1.165) is 15.9 Å². The second-order valence-corrected chi connectivity index (χ2v) is 6.78. The number of carbonyl (C=O) groups excluding carboxylic acids is 2. The number of benzene rings is 1. The van der Waals surface area contributed by atoms with Crippen LogP contribution in [0.25, 0.3) is 11.0 Å². The van der Waals surface area contributed by atoms with Gasteiger partial charge in [0.2, 0.25) is 5.91 Å². The average Bonchev–Trinajstić information content (AvgIpc) is 3.23. The van der Waals surface area contributed by atoms with Crippen molar-refractivity contribution < 1.29 is 9.59 Å². The van der Waals surface area contributed by atoms with E-state index in [9.17, 15) is 9.59 Å². The minimum atomic E-state index is -0.392. The summed E-state index contributed by atoms with van der Waals surface area (Å²) in [6, 6.07) is 10.8. The van der Waals surface area contributed by atoms with Gasteiger partial charge in [0.1, 0.15) is 6.04 Å². The average molecular weight is 341 g/mol. The predicted octanol–water partition coefficient (Wildman–Crippen LogP) is 3.44. The highest BCUT2D eigenvalue weighted by Gasteiger charge is 2.20. The third kappa shape index (κ3) is 3.38. The van der Waals surface area contributed by atoms with Gasteiger partial charge in [0, 0.05) is 12.5 Å². The summed E-state index contributed by atoms with van der Waals surface area (Å²) in [6.45, 7) is 3.68. The lowest BCUT2D eigenvalue weighted by atomic mass is 10.1. The first kappa shape index (κ1) is 16.4. The summed E-state index contributed by atoms with van der Waals surface area (Å²) in [5.41, 5.74) is 1.78. The van der Waals surface area contributed by atoms with Crippen molar-refractivity contribution in [1.82, 2.24) is 14.9 Å². The lowest BCUT2D eigenvalue weighted by Gasteiger charge is -2.18. The molecule has 124 valence electrons. The first-order chi connectivity index (χ1) is 11.6. The number of hydrogen-bond donors (Lipinski definition) is 1. The number of imidazole rings is 1. The zero-order valence-electron chi connectivity index (χ0n) is 13.6. The van der Waals surface area contributed by atoms with Gasteiger partial charge in [-0.2, -0.15) is 0 Å². The summed E-state index contributed by atoms with van der Waals surface area (Å²) >= 11 is 1.42. The van der Waals surface area contributed by atoms with E-state index in [1.807, 2.05) is 60.2 Å². The van der Waals surface area contributed by atoms with E-state index >= 15 is 0 Å². The largest absolute Gasteiger partial charge is 0.351 e. The van der Waals surface area contributed by atoms with E-state index in [0.29, 0.717) is 6.42 Å². The Hall–Kier alpha value is -2.47. The van der Waals surface area contributed by atoms with E-state index in [1.54, 1.807) is 6.33 Å². The van der Waals surface area contributed by atoms with Crippen molar-refractivity contribution in [2.24, 2.45) is 0 Å². The summed E-state index contributed by atoms with van der Waals surface area (Å²) in [5.74, 6) is -0.0665. The van der Waals surface area contributed by atoms with Crippen LogP contribution in [0.1, 0.15) is 36.0 Å². The molecule has 0 aliphatic heterocycles. The number of hydrogen-bond acceptors (Lipinski definition) is 4. The van der Waals surface area contributed by atoms with Crippen LogP contribution in [-0.2, 0) is 4.79 Å². The molecule has 2 atom stereocenters. The van der Waals surface area contributed by atoms with Gasteiger partial charge in [-0.3, -0.25) is 9.59 Å². The van der Waals surface area contributed by atoms with E-state index in [4.69, 9.17) is 0 Å². The standard InChI is InChI=1S/C18H19N3O2S/c1-12(10-16(22)17-8-5-9-24-17)20-18(23)13(2)21-11-19-14-6-3-4-7-15(14)21/h3-9,11-13H,10H2,1-2H3,(H,20,23)/t12-,13+/m1/s1. The number of carbonyl (C=O) groups is 2. The SMILES string of the molecule is C[C@H](CC(=O)c1cccs1)NC(=O)[C@H](C)n1cnc2ccccc21. The number of nitrogens with zero attached hydrogens (tertiary/aromatic N) is 2. The smallest absolute Gasteiger partial charge is 0.243 e. The molecule has 1 N–H and O–H groups in total. The maximum absolute atomic E-state index is 12.5. The zero-order valence-corrected chi connectivity index (χ0v) is 14.4. The third-order valence-corrected chi connectivity index (χ3v) is 4.86. The van der Waals surface area contributed by atoms with Crippen LogP contribution >= 0.6 is 11.3 Å². The summed E-state index contributed by atoms with van der Waals surface area (Å²) in [6.07, 6.45) is 1.97. The molecule has 5 nitrogen and oxygen atoms in total. The van der Waals surface area contributed by atoms with E-state index in [1.165, 1.54) is 11.3 Å². The van der Waals surface area contributed by atoms with Gasteiger partial charge >= 0.3 is 0 Å². The number of rotatable bonds is 6. The molecule has 0 saturated carbocycles. The molecular weight excluding hydrogens is 322 g/mol. The Labute approximate surface area is 144 Å². The van der Waals surface area contributed by atoms with E-state index in [2.05, 4.69) is 10.3 Å². The first-order valence-corrected chi connectivity index (χ1v) is 8.73. The number of aromatic nitrogens is 2. The minimum absolute atomic E-state index is 0.0542. The van der Waals surface area contributed by atoms with Crippen LogP contribution in [0.5, 0.6) is 0 Å². The maximum Gasteiger partial charge on any atom is 0.243 e. The Morgan fingerprint density at radius 2 is 2.00 bits per heavy atom. The lowest BCUT2D eigenvalue weighted by Crippen LogP contribution is -2.38. The Balaban J connectivity index is 1.64. The van der Waals surface area contributed by atoms with Gasteiger partial charge in [0.05, 0.1) is 22.2 Å². The quantitative estimate of drug-likeness (QED) is 0.699. The molecule has 0 aliphatic carbocycles. The number of Topliss-reactive ketones (excluding diaryl/α,β-unsaturated/α-hetero) is 1. The monoisotopic (exact) mass is 341 g/mol. The van der Waals surface area contributed by atoms with Crippen LogP contribution in [0.2, 0.25) is 0 Å². The summed E-state index contributed by atoms with van der Waals surface area (Å²) in [5, 5.41) is 4.80. The Morgan fingerprint density at radius 3 is 2.75 bits per heavy atom. The van der Waals surface area contributed by atoms with Crippen molar-refractivity contribution in [3.05, 3.63) is 53.0 Å². The predicted molar refractivity (Wildman–Crippen MR) is 95.3 cm³/mol. The summed E-state index contributed by atoms with van der Waals surface area (Å²) in [7, 11) is 0. The van der Waals surface area contributed by atoms with Crippen LogP contribution < -0.4 is 5.32 Å². The molecule has 1 amide bonds. The number of nitrogens with one attached hydrogen (secondary N) is 1. The highest BCUT2D eigenvalue weighted by molar-refractivity contribution is 7.12. The van der Waals surface area contributed by atoms with Crippen molar-refractivity contribution in [2.75, 3.05) is 0 Å². The second-order valence-electron chi connectivity index (χ2n) is 5.83. The molecule has 0 radical (unpaired) electrons. The molecule has 0 spiro atoms. The van der Waals surface area contributed by atoms with Gasteiger partial charge in [-0.1, -0.05) is 18.2 Å². The topological polar surface area (TPSA) is 64.0 Å². The highest BCUT2D eigenvalue weighted by Crippen LogP contribution is 2.18. The van der Waals surface area contributed by atoms with Crippen LogP contribution in [0.15, 0.2) is 48.1 Å². The molecule has 24 heavy (non-hydrogen) atoms. The molecule has 0 saturated heterocycles. The second kappa shape index (κ2) is 6.97. The van der Waals surface area contributed by atoms with Crippen LogP contribution in [0.3, 0.4) is 0 Å². The van der Waals surface area contributed by atoms with Crippen LogP contribution in [0, 0.1) is 0 Å². The number of ketones is 1. The number of amides is 1. The highest BCUT2D eigenvalue weighted by atomic mass is 32.1. The number of para-hydroxylation sites is 2. The Bertz CT molecular complexity index is 854. The van der Waals surface area contributed by atoms with E-state index < -0.39 is 6.04 Å². The van der Waals surface area contributed by atoms with Crippen molar-refractivity contribution in [1.29, 1.82) is 0 Å². The van der Waals surface area contributed by atoms with Gasteiger partial charge in [0.15, 0.2) is 5.78 Å². The molecule has 3 aromatic rings. The van der Waals surface area contributed by atoms with Crippen LogP contribution in [0.4, 0.5) is 0 Å². The van der Waals surface area contributed by atoms with Crippen molar-refractivity contribution in [2.45, 2.75) is 32.4 Å². The third-order valence-electron chi connectivity index (χ3n) is 3.95. The van der Waals surface area contributed by atoms with Crippen molar-refractivity contribution in [3.8, 4) is 0 Å². The van der Waals surface area contributed by atoms with Crippen molar-refractivity contribution >= 4 is 34.1 Å². The zero-order chi connectivity index (χ0) is 17.1. The summed E-state index contributed by atoms with van der Waals surface area (Å²) in [4.78, 5) is 29.7. The van der Waals surface area contributed by atoms with Gasteiger partial charge in [0.25, 0.3) is 0 Å². The molecule has 2 aromatic heterocycles. The molecule has 0 unspecified atom stereocenters. The lowest BCUT2D eigenvalue weighted by molar-refractivity contribution is -0.124. The molecule has 6 heteroatoms. The molecule has 2 heterocycles. The molecule has 1 aromatic carbocycles. The van der Waals surface area contributed by atoms with Gasteiger partial charge < -0.3 is 9.88 Å². The van der Waals surface area contributed by atoms with Gasteiger partial charge in [-0.25, -0.2) is 4.98 Å². The van der Waals surface area contributed by atoms with Crippen molar-refractivity contribution in [3.63, 3.8) is 0 Å². The minimum Gasteiger partial charge on any atom is -0.351 e. The fourth-order valence-electron chi connectivity index (χ4n) is 2.64. The maximum atomic E-state index is 12.5. The normalized spacial score (nSPS) is 13.6. The van der Waals surface area contributed by atoms with E-state index in [-0.39, 0.29) is 17.7 Å². The Morgan fingerprint density at radius 1 is 1.21 bits per heavy atom. The number of thiophene rings is 1. The van der Waals surface area contributed by atoms with Crippen LogP contribution in [-0.4, -0.2) is 27.3 Å². The summed E-state index contributed by atoms with van der Waals surface area (Å²) < 4.78 is 1.85. The molecular formula is C18H19N3O2S. The fourth-order valence-corrected chi connectivity index (χ4v) is 3.32. The first-order valence-electron chi connectivity index (χ1n) is 7.85. The molecule has 0 aliphatic rings. The fraction of sp³-hybridized carbons (Fsp3) is 0.278. The molecule has 0 bridgehead atoms. The van der Waals surface area contributed by atoms with Gasteiger partial charge in [-0.05, 0) is 37.4 Å².